The van der Waals surface area contributed by atoms with Crippen LogP contribution >= 0.6 is 0 Å². The van der Waals surface area contributed by atoms with Gasteiger partial charge in [-0.15, -0.1) is 0 Å². The summed E-state index contributed by atoms with van der Waals surface area (Å²) in [6, 6.07) is 0. The predicted molar refractivity (Wildman–Crippen MR) is 68.7 cm³/mol. The lowest BCUT2D eigenvalue weighted by Crippen LogP contribution is -2.32. The second kappa shape index (κ2) is 4.77. The van der Waals surface area contributed by atoms with Crippen LogP contribution in [0, 0.1) is 0 Å². The molecule has 2 aromatic heterocycles. The SMILES string of the molecule is Cn1c(=O)[nH]c(=O)c2n[nH]c([C@@H]3O[C@H](CO)[C@@H](O)[C@H]3O)c21. The van der Waals surface area contributed by atoms with Gasteiger partial charge in [-0.2, -0.15) is 5.10 Å². The molecule has 0 aromatic carbocycles. The zero-order chi connectivity index (χ0) is 15.3. The Kier molecular flexibility index (Phi) is 3.17. The molecule has 10 nitrogen and oxygen atoms in total. The third-order valence-electron chi connectivity index (χ3n) is 3.67. The Balaban J connectivity index is 2.19. The standard InChI is InChI=1S/C11H14N4O6/c1-15-6-4(9-8(18)7(17)3(2-16)21-9)13-14-5(6)10(19)12-11(15)20/h3,7-9,16-18H,2H2,1H3,(H,13,14)(H,12,19,20)/t3-,7-,8-,9+/m1/s1. The van der Waals surface area contributed by atoms with Crippen LogP contribution in [-0.2, 0) is 11.8 Å². The number of aliphatic hydroxyl groups is 3. The van der Waals surface area contributed by atoms with Crippen molar-refractivity contribution in [1.82, 2.24) is 19.7 Å². The van der Waals surface area contributed by atoms with Crippen LogP contribution in [0.2, 0.25) is 0 Å². The van der Waals surface area contributed by atoms with E-state index in [2.05, 4.69) is 15.2 Å². The summed E-state index contributed by atoms with van der Waals surface area (Å²) in [4.78, 5) is 25.5. The number of nitrogens with one attached hydrogen (secondary N) is 2. The molecular formula is C11H14N4O6. The van der Waals surface area contributed by atoms with E-state index in [1.807, 2.05) is 0 Å². The van der Waals surface area contributed by atoms with Crippen LogP contribution in [0.4, 0.5) is 0 Å². The monoisotopic (exact) mass is 298 g/mol. The number of aryl methyl sites for hydroxylation is 1. The van der Waals surface area contributed by atoms with Crippen molar-refractivity contribution < 1.29 is 20.1 Å². The van der Waals surface area contributed by atoms with E-state index in [0.29, 0.717) is 0 Å². The summed E-state index contributed by atoms with van der Waals surface area (Å²) in [7, 11) is 1.43. The Hall–Kier alpha value is -2.01. The van der Waals surface area contributed by atoms with E-state index in [1.165, 1.54) is 7.05 Å². The van der Waals surface area contributed by atoms with E-state index in [4.69, 9.17) is 9.84 Å². The number of ether oxygens (including phenoxy) is 1. The van der Waals surface area contributed by atoms with Crippen molar-refractivity contribution in [2.24, 2.45) is 7.05 Å². The summed E-state index contributed by atoms with van der Waals surface area (Å²) in [5, 5.41) is 35.2. The molecule has 1 aliphatic heterocycles. The van der Waals surface area contributed by atoms with E-state index >= 15 is 0 Å². The van der Waals surface area contributed by atoms with Gasteiger partial charge in [-0.1, -0.05) is 0 Å². The molecule has 0 unspecified atom stereocenters. The first-order valence-electron chi connectivity index (χ1n) is 6.25. The van der Waals surface area contributed by atoms with Crippen LogP contribution in [0.25, 0.3) is 11.0 Å². The summed E-state index contributed by atoms with van der Waals surface area (Å²) < 4.78 is 6.53. The Morgan fingerprint density at radius 2 is 2.05 bits per heavy atom. The fourth-order valence-corrected chi connectivity index (χ4v) is 2.53. The van der Waals surface area contributed by atoms with Crippen LogP contribution < -0.4 is 11.2 Å². The number of aliphatic hydroxyl groups excluding tert-OH is 3. The first-order chi connectivity index (χ1) is 9.95. The second-order valence-corrected chi connectivity index (χ2v) is 4.91. The molecule has 0 saturated carbocycles. The quantitative estimate of drug-likeness (QED) is 0.398. The van der Waals surface area contributed by atoms with Gasteiger partial charge in [0.1, 0.15) is 29.9 Å². The molecule has 1 saturated heterocycles. The lowest BCUT2D eigenvalue weighted by molar-refractivity contribution is -0.0236. The Morgan fingerprint density at radius 1 is 1.33 bits per heavy atom. The zero-order valence-corrected chi connectivity index (χ0v) is 11.0. The third-order valence-corrected chi connectivity index (χ3v) is 3.67. The normalized spacial score (nSPS) is 29.3. The lowest BCUT2D eigenvalue weighted by Gasteiger charge is -2.13. The molecule has 1 fully saturated rings. The first kappa shape index (κ1) is 13.9. The van der Waals surface area contributed by atoms with Gasteiger partial charge in [-0.3, -0.25) is 19.4 Å². The molecule has 114 valence electrons. The van der Waals surface area contributed by atoms with Crippen LogP contribution in [-0.4, -0.2) is 60.0 Å². The number of nitrogens with zero attached hydrogens (tertiary/aromatic N) is 2. The fraction of sp³-hybridized carbons (Fsp3) is 0.545. The summed E-state index contributed by atoms with van der Waals surface area (Å²) in [6.07, 6.45) is -4.59. The smallest absolute Gasteiger partial charge is 0.328 e. The summed E-state index contributed by atoms with van der Waals surface area (Å²) in [5.74, 6) is 0. The number of aromatic amines is 2. The summed E-state index contributed by atoms with van der Waals surface area (Å²) >= 11 is 0. The maximum Gasteiger partial charge on any atom is 0.328 e. The van der Waals surface area contributed by atoms with Gasteiger partial charge >= 0.3 is 5.69 Å². The lowest BCUT2D eigenvalue weighted by atomic mass is 10.1. The van der Waals surface area contributed by atoms with Crippen LogP contribution in [0.15, 0.2) is 9.59 Å². The molecule has 3 rings (SSSR count). The molecule has 3 heterocycles. The Bertz CT molecular complexity index is 792. The Morgan fingerprint density at radius 3 is 2.67 bits per heavy atom. The van der Waals surface area contributed by atoms with E-state index in [9.17, 15) is 19.8 Å². The molecule has 1 aliphatic rings. The van der Waals surface area contributed by atoms with Gasteiger partial charge < -0.3 is 20.1 Å². The largest absolute Gasteiger partial charge is 0.394 e. The first-order valence-corrected chi connectivity index (χ1v) is 6.25. The molecular weight excluding hydrogens is 284 g/mol. The number of H-pyrrole nitrogens is 2. The predicted octanol–water partition coefficient (Wildman–Crippen LogP) is -2.90. The van der Waals surface area contributed by atoms with Crippen LogP contribution in [0.5, 0.6) is 0 Å². The molecule has 0 bridgehead atoms. The number of aromatic nitrogens is 4. The minimum Gasteiger partial charge on any atom is -0.394 e. The highest BCUT2D eigenvalue weighted by atomic mass is 16.6. The van der Waals surface area contributed by atoms with Crippen molar-refractivity contribution in [3.8, 4) is 0 Å². The van der Waals surface area contributed by atoms with Crippen LogP contribution in [0.3, 0.4) is 0 Å². The van der Waals surface area contributed by atoms with Crippen molar-refractivity contribution in [1.29, 1.82) is 0 Å². The number of fused-ring (bicyclic) bond motifs is 1. The molecule has 21 heavy (non-hydrogen) atoms. The average molecular weight is 298 g/mol. The third kappa shape index (κ3) is 1.92. The van der Waals surface area contributed by atoms with E-state index < -0.39 is 42.3 Å². The number of hydrogen-bond donors (Lipinski definition) is 5. The molecule has 4 atom stereocenters. The van der Waals surface area contributed by atoms with Gasteiger partial charge in [-0.05, 0) is 0 Å². The molecule has 0 aliphatic carbocycles. The van der Waals surface area contributed by atoms with Crippen LogP contribution in [0.1, 0.15) is 11.8 Å². The molecule has 5 N–H and O–H groups in total. The summed E-state index contributed by atoms with van der Waals surface area (Å²) in [5.41, 5.74) is -0.939. The van der Waals surface area contributed by atoms with Crippen molar-refractivity contribution in [2.75, 3.05) is 6.61 Å². The number of rotatable bonds is 2. The van der Waals surface area contributed by atoms with Crippen molar-refractivity contribution in [2.45, 2.75) is 24.4 Å². The highest BCUT2D eigenvalue weighted by molar-refractivity contribution is 5.76. The minimum absolute atomic E-state index is 0.00941. The van der Waals surface area contributed by atoms with Crippen molar-refractivity contribution in [3.05, 3.63) is 26.5 Å². The molecule has 0 amide bonds. The maximum absolute atomic E-state index is 11.7. The molecule has 2 aromatic rings. The fourth-order valence-electron chi connectivity index (χ4n) is 2.53. The highest BCUT2D eigenvalue weighted by Crippen LogP contribution is 2.34. The van der Waals surface area contributed by atoms with Gasteiger partial charge in [-0.25, -0.2) is 4.79 Å². The van der Waals surface area contributed by atoms with Gasteiger partial charge in [0, 0.05) is 7.05 Å². The molecule has 10 heteroatoms. The van der Waals surface area contributed by atoms with Gasteiger partial charge in [0.15, 0.2) is 5.52 Å². The maximum atomic E-state index is 11.7. The highest BCUT2D eigenvalue weighted by Gasteiger charge is 2.44. The number of hydrogen-bond acceptors (Lipinski definition) is 7. The van der Waals surface area contributed by atoms with Crippen molar-refractivity contribution in [3.63, 3.8) is 0 Å². The second-order valence-electron chi connectivity index (χ2n) is 4.91. The van der Waals surface area contributed by atoms with E-state index in [-0.39, 0.29) is 16.7 Å². The topological polar surface area (TPSA) is 153 Å². The van der Waals surface area contributed by atoms with Gasteiger partial charge in [0.05, 0.1) is 12.3 Å². The van der Waals surface area contributed by atoms with Gasteiger partial charge in [0.2, 0.25) is 0 Å². The van der Waals surface area contributed by atoms with E-state index in [1.54, 1.807) is 0 Å². The molecule has 0 radical (unpaired) electrons. The van der Waals surface area contributed by atoms with Gasteiger partial charge in [0.25, 0.3) is 5.56 Å². The average Bonchev–Trinajstić information content (AvgIpc) is 3.00. The molecule has 0 spiro atoms. The Labute approximate surface area is 116 Å². The van der Waals surface area contributed by atoms with E-state index in [0.717, 1.165) is 4.57 Å². The minimum atomic E-state index is -1.32. The zero-order valence-electron chi connectivity index (χ0n) is 11.0. The summed E-state index contributed by atoms with van der Waals surface area (Å²) in [6.45, 7) is -0.472. The van der Waals surface area contributed by atoms with Crippen molar-refractivity contribution >= 4 is 11.0 Å².